The number of carbonyl (C=O) groups is 1. The quantitative estimate of drug-likeness (QED) is 0.774. The van der Waals surface area contributed by atoms with Gasteiger partial charge in [-0.3, -0.25) is 4.79 Å². The molecule has 0 aromatic heterocycles. The summed E-state index contributed by atoms with van der Waals surface area (Å²) < 4.78 is 0. The third-order valence-electron chi connectivity index (χ3n) is 4.13. The van der Waals surface area contributed by atoms with Crippen molar-refractivity contribution in [1.82, 2.24) is 0 Å². The van der Waals surface area contributed by atoms with Crippen LogP contribution in [0.25, 0.3) is 0 Å². The van der Waals surface area contributed by atoms with Crippen LogP contribution >= 0.6 is 0 Å². The van der Waals surface area contributed by atoms with Gasteiger partial charge in [-0.15, -0.1) is 0 Å². The summed E-state index contributed by atoms with van der Waals surface area (Å²) in [6.07, 6.45) is 18.2. The highest BCUT2D eigenvalue weighted by molar-refractivity contribution is 5.81. The van der Waals surface area contributed by atoms with E-state index in [-0.39, 0.29) is 5.92 Å². The molecule has 0 saturated carbocycles. The van der Waals surface area contributed by atoms with Gasteiger partial charge >= 0.3 is 5.97 Å². The molecule has 0 amide bonds. The molecule has 0 aromatic rings. The topological polar surface area (TPSA) is 37.3 Å². The van der Waals surface area contributed by atoms with Crippen LogP contribution in [0.2, 0.25) is 0 Å². The lowest BCUT2D eigenvalue weighted by molar-refractivity contribution is -0.138. The van der Waals surface area contributed by atoms with E-state index in [1.165, 1.54) is 16.7 Å². The Morgan fingerprint density at radius 2 is 1.84 bits per heavy atom. The van der Waals surface area contributed by atoms with E-state index in [4.69, 9.17) is 0 Å². The van der Waals surface area contributed by atoms with Crippen molar-refractivity contribution in [1.29, 1.82) is 0 Å². The molecule has 0 saturated heterocycles. The number of hydrogen-bond donors (Lipinski definition) is 1. The van der Waals surface area contributed by atoms with Crippen LogP contribution in [0.15, 0.2) is 82.5 Å². The number of allylic oxidation sites excluding steroid dienone is 12. The molecule has 1 N–H and O–H groups in total. The maximum atomic E-state index is 11.4. The first-order valence-electron chi connectivity index (χ1n) is 6.39. The molecule has 92 valence electrons. The summed E-state index contributed by atoms with van der Waals surface area (Å²) in [7, 11) is 0. The smallest absolute Gasteiger partial charge is 0.314 e. The standard InChI is InChI=1S/C17H12O2/c18-17(19)14-9-7-12-5-4-10-2-1-3-11-6-8-13(14)16(12)15(10)11/h1-9,14-15H,(H,18,19). The van der Waals surface area contributed by atoms with E-state index in [1.54, 1.807) is 6.08 Å². The summed E-state index contributed by atoms with van der Waals surface area (Å²) in [4.78, 5) is 11.4. The van der Waals surface area contributed by atoms with Gasteiger partial charge in [-0.25, -0.2) is 0 Å². The first-order chi connectivity index (χ1) is 9.25. The first-order valence-corrected chi connectivity index (χ1v) is 6.39. The molecular formula is C17H12O2. The van der Waals surface area contributed by atoms with Gasteiger partial charge in [0.25, 0.3) is 0 Å². The van der Waals surface area contributed by atoms with Crippen molar-refractivity contribution in [3.05, 3.63) is 82.5 Å². The molecule has 0 heterocycles. The fraction of sp³-hybridized carbons (Fsp3) is 0.118. The van der Waals surface area contributed by atoms with Crippen molar-refractivity contribution in [2.24, 2.45) is 11.8 Å². The Bertz CT molecular complexity index is 706. The third kappa shape index (κ3) is 1.34. The Morgan fingerprint density at radius 1 is 1.00 bits per heavy atom. The number of aliphatic carboxylic acids is 1. The van der Waals surface area contributed by atoms with Crippen LogP contribution in [0.3, 0.4) is 0 Å². The maximum absolute atomic E-state index is 11.4. The SMILES string of the molecule is O=C(O)C1C=CC2=CC=C3C=CC=C4C=CC1=C2C43. The molecule has 4 rings (SSSR count). The van der Waals surface area contributed by atoms with Crippen molar-refractivity contribution in [2.75, 3.05) is 0 Å². The number of rotatable bonds is 1. The van der Waals surface area contributed by atoms with E-state index in [0.717, 1.165) is 11.1 Å². The molecule has 0 aromatic carbocycles. The number of carboxylic acids is 1. The molecule has 0 fully saturated rings. The minimum Gasteiger partial charge on any atom is -0.481 e. The van der Waals surface area contributed by atoms with Crippen molar-refractivity contribution < 1.29 is 9.90 Å². The van der Waals surface area contributed by atoms with Gasteiger partial charge in [-0.2, -0.15) is 0 Å². The summed E-state index contributed by atoms with van der Waals surface area (Å²) in [5.74, 6) is -1.08. The van der Waals surface area contributed by atoms with Crippen LogP contribution in [-0.2, 0) is 4.79 Å². The molecule has 0 aliphatic heterocycles. The number of hydrogen-bond acceptors (Lipinski definition) is 1. The molecule has 0 radical (unpaired) electrons. The minimum absolute atomic E-state index is 0.219. The molecule has 19 heavy (non-hydrogen) atoms. The van der Waals surface area contributed by atoms with E-state index in [9.17, 15) is 9.90 Å². The molecule has 0 bridgehead atoms. The van der Waals surface area contributed by atoms with Gasteiger partial charge in [0.05, 0.1) is 0 Å². The molecular weight excluding hydrogens is 236 g/mol. The maximum Gasteiger partial charge on any atom is 0.314 e. The van der Waals surface area contributed by atoms with E-state index in [1.807, 2.05) is 12.2 Å². The van der Waals surface area contributed by atoms with Gasteiger partial charge in [0, 0.05) is 5.92 Å². The Morgan fingerprint density at radius 3 is 2.68 bits per heavy atom. The Balaban J connectivity index is 1.98. The van der Waals surface area contributed by atoms with Gasteiger partial charge in [0.15, 0.2) is 0 Å². The fourth-order valence-electron chi connectivity index (χ4n) is 3.28. The normalized spacial score (nSPS) is 29.6. The average Bonchev–Trinajstić information content (AvgIpc) is 2.44. The van der Waals surface area contributed by atoms with Gasteiger partial charge in [-0.05, 0) is 27.9 Å². The molecule has 4 aliphatic carbocycles. The number of carboxylic acid groups (broad SMARTS) is 1. The van der Waals surface area contributed by atoms with E-state index in [0.29, 0.717) is 0 Å². The highest BCUT2D eigenvalue weighted by Gasteiger charge is 2.36. The van der Waals surface area contributed by atoms with Crippen LogP contribution < -0.4 is 0 Å². The molecule has 2 atom stereocenters. The van der Waals surface area contributed by atoms with Gasteiger partial charge in [0.2, 0.25) is 0 Å². The Hall–Kier alpha value is -2.35. The second-order valence-electron chi connectivity index (χ2n) is 5.12. The lowest BCUT2D eigenvalue weighted by atomic mass is 9.67. The largest absolute Gasteiger partial charge is 0.481 e. The predicted octanol–water partition coefficient (Wildman–Crippen LogP) is 3.10. The molecule has 2 nitrogen and oxygen atoms in total. The summed E-state index contributed by atoms with van der Waals surface area (Å²) in [5, 5.41) is 9.36. The van der Waals surface area contributed by atoms with Gasteiger partial charge < -0.3 is 5.11 Å². The molecule has 4 aliphatic rings. The summed E-state index contributed by atoms with van der Waals surface area (Å²) in [6, 6.07) is 0. The summed E-state index contributed by atoms with van der Waals surface area (Å²) in [6.45, 7) is 0. The Labute approximate surface area is 111 Å². The van der Waals surface area contributed by atoms with Crippen LogP contribution in [0.1, 0.15) is 0 Å². The second kappa shape index (κ2) is 3.58. The van der Waals surface area contributed by atoms with Crippen molar-refractivity contribution in [3.8, 4) is 0 Å². The van der Waals surface area contributed by atoms with Gasteiger partial charge in [-0.1, -0.05) is 54.7 Å². The van der Waals surface area contributed by atoms with E-state index in [2.05, 4.69) is 36.5 Å². The molecule has 2 heteroatoms. The third-order valence-corrected chi connectivity index (χ3v) is 4.13. The zero-order chi connectivity index (χ0) is 13.0. The average molecular weight is 248 g/mol. The van der Waals surface area contributed by atoms with E-state index < -0.39 is 11.9 Å². The van der Waals surface area contributed by atoms with Gasteiger partial charge in [0.1, 0.15) is 5.92 Å². The Kier molecular flexibility index (Phi) is 1.99. The van der Waals surface area contributed by atoms with E-state index >= 15 is 0 Å². The van der Waals surface area contributed by atoms with Crippen LogP contribution in [-0.4, -0.2) is 11.1 Å². The van der Waals surface area contributed by atoms with Crippen LogP contribution in [0, 0.1) is 11.8 Å². The lowest BCUT2D eigenvalue weighted by Crippen LogP contribution is -2.26. The fourth-order valence-corrected chi connectivity index (χ4v) is 3.28. The zero-order valence-electron chi connectivity index (χ0n) is 10.2. The summed E-state index contributed by atoms with van der Waals surface area (Å²) in [5.41, 5.74) is 5.75. The van der Waals surface area contributed by atoms with Crippen molar-refractivity contribution in [3.63, 3.8) is 0 Å². The van der Waals surface area contributed by atoms with Crippen LogP contribution in [0.4, 0.5) is 0 Å². The van der Waals surface area contributed by atoms with Crippen molar-refractivity contribution >= 4 is 5.97 Å². The predicted molar refractivity (Wildman–Crippen MR) is 73.3 cm³/mol. The second-order valence-corrected chi connectivity index (χ2v) is 5.12. The highest BCUT2D eigenvalue weighted by Crippen LogP contribution is 2.47. The lowest BCUT2D eigenvalue weighted by Gasteiger charge is -2.36. The highest BCUT2D eigenvalue weighted by atomic mass is 16.4. The minimum atomic E-state index is -0.780. The first kappa shape index (κ1) is 10.6. The monoisotopic (exact) mass is 248 g/mol. The van der Waals surface area contributed by atoms with Crippen LogP contribution in [0.5, 0.6) is 0 Å². The summed E-state index contributed by atoms with van der Waals surface area (Å²) >= 11 is 0. The molecule has 0 spiro atoms. The van der Waals surface area contributed by atoms with Crippen molar-refractivity contribution in [2.45, 2.75) is 0 Å². The molecule has 2 unspecified atom stereocenters. The zero-order valence-corrected chi connectivity index (χ0v) is 10.2.